The summed E-state index contributed by atoms with van der Waals surface area (Å²) in [7, 11) is 6.53. The average Bonchev–Trinajstić information content (AvgIpc) is 3.78. The molecule has 15 nitrogen and oxygen atoms in total. The van der Waals surface area contributed by atoms with Gasteiger partial charge < -0.3 is 39.8 Å². The van der Waals surface area contributed by atoms with Crippen molar-refractivity contribution in [1.82, 2.24) is 25.3 Å². The number of ether oxygens (including phenoxy) is 3. The molecule has 0 aromatic heterocycles. The topological polar surface area (TPSA) is 184 Å². The van der Waals surface area contributed by atoms with Crippen LogP contribution in [0.25, 0.3) is 0 Å². The van der Waals surface area contributed by atoms with Gasteiger partial charge in [0.15, 0.2) is 0 Å². The fourth-order valence-electron chi connectivity index (χ4n) is 9.35. The summed E-state index contributed by atoms with van der Waals surface area (Å²) in [5, 5.41) is 15.2. The molecule has 4 amide bonds. The lowest BCUT2D eigenvalue weighted by Crippen LogP contribution is -2.60. The largest absolute Gasteiger partial charge is 0.481 e. The Kier molecular flexibility index (Phi) is 22.8. The molecular weight excluding hydrogens is 843 g/mol. The number of likely N-dealkylation sites (tertiary alicyclic amines) is 1. The Bertz CT molecular complexity index is 1850. The highest BCUT2D eigenvalue weighted by atomic mass is 16.5. The Morgan fingerprint density at radius 1 is 0.818 bits per heavy atom. The standard InChI is InChI=1S/C51H79N5O10/c1-13-34(6)46(55(10)50(62)43(32(2)3)52-49(61)45(33(4)5)54(9)28-21-27-42(58)59)40(64-11)30-41(57)56-29-20-26-39(56)47(65-12)36(8)48(60)53-44(35(7)38-24-18-15-19-25-38)51(63)66-31-37-22-16-14-17-23-37/h14-19,22-25,32-36,39-40,43-47H,13,20-21,26-31H2,1-12H3,(H,52,61)(H,53,60)(H,58,59)/t34-,35-,36+,39-,40+,43-,44?,45-,46-,47+/m0/s1. The van der Waals surface area contributed by atoms with Gasteiger partial charge in [0.1, 0.15) is 18.7 Å². The molecule has 0 bridgehead atoms. The van der Waals surface area contributed by atoms with Crippen LogP contribution in [-0.2, 0) is 49.6 Å². The van der Waals surface area contributed by atoms with Gasteiger partial charge in [0.25, 0.3) is 0 Å². The number of aliphatic carboxylic acids is 1. The normalized spacial score (nSPS) is 18.1. The van der Waals surface area contributed by atoms with Crippen molar-refractivity contribution >= 4 is 35.6 Å². The number of rotatable bonds is 27. The third-order valence-corrected chi connectivity index (χ3v) is 13.4. The van der Waals surface area contributed by atoms with Crippen LogP contribution in [0.4, 0.5) is 0 Å². The van der Waals surface area contributed by atoms with E-state index in [1.54, 1.807) is 30.8 Å². The number of nitrogens with one attached hydrogen (secondary N) is 2. The first-order valence-electron chi connectivity index (χ1n) is 23.7. The van der Waals surface area contributed by atoms with E-state index in [-0.39, 0.29) is 54.9 Å². The van der Waals surface area contributed by atoms with E-state index >= 15 is 0 Å². The number of hydrogen-bond acceptors (Lipinski definition) is 10. The van der Waals surface area contributed by atoms with E-state index in [0.29, 0.717) is 38.8 Å². The second-order valence-electron chi connectivity index (χ2n) is 18.8. The van der Waals surface area contributed by atoms with Gasteiger partial charge in [-0.05, 0) is 61.7 Å². The predicted octanol–water partition coefficient (Wildman–Crippen LogP) is 5.90. The third kappa shape index (κ3) is 15.3. The molecule has 66 heavy (non-hydrogen) atoms. The highest BCUT2D eigenvalue weighted by molar-refractivity contribution is 5.90. The van der Waals surface area contributed by atoms with Gasteiger partial charge >= 0.3 is 11.9 Å². The second-order valence-corrected chi connectivity index (χ2v) is 18.8. The number of esters is 1. The van der Waals surface area contributed by atoms with Crippen LogP contribution in [0.1, 0.15) is 111 Å². The van der Waals surface area contributed by atoms with Crippen molar-refractivity contribution < 1.29 is 48.1 Å². The zero-order valence-corrected chi connectivity index (χ0v) is 41.5. The molecule has 2 aromatic carbocycles. The number of nitrogens with zero attached hydrogens (tertiary/aromatic N) is 3. The number of hydrogen-bond donors (Lipinski definition) is 3. The lowest BCUT2D eigenvalue weighted by atomic mass is 9.89. The van der Waals surface area contributed by atoms with Crippen LogP contribution in [0, 0.1) is 23.7 Å². The molecule has 3 rings (SSSR count). The summed E-state index contributed by atoms with van der Waals surface area (Å²) in [4.78, 5) is 87.1. The Labute approximate surface area is 393 Å². The van der Waals surface area contributed by atoms with Gasteiger partial charge in [-0.25, -0.2) is 4.79 Å². The Morgan fingerprint density at radius 2 is 1.42 bits per heavy atom. The van der Waals surface area contributed by atoms with Gasteiger partial charge in [0.05, 0.1) is 42.7 Å². The first-order chi connectivity index (χ1) is 31.3. The highest BCUT2D eigenvalue weighted by Gasteiger charge is 2.44. The number of carbonyl (C=O) groups excluding carboxylic acids is 5. The van der Waals surface area contributed by atoms with Crippen molar-refractivity contribution in [3.05, 3.63) is 71.8 Å². The van der Waals surface area contributed by atoms with Gasteiger partial charge in [-0.2, -0.15) is 0 Å². The molecule has 0 aliphatic carbocycles. The molecule has 1 saturated heterocycles. The Balaban J connectivity index is 1.81. The number of methoxy groups -OCH3 is 2. The van der Waals surface area contributed by atoms with E-state index in [9.17, 15) is 28.8 Å². The molecule has 3 N–H and O–H groups in total. The number of likely N-dealkylation sites (N-methyl/N-ethyl adjacent to an activating group) is 2. The Hall–Kier alpha value is -4.86. The number of benzene rings is 2. The van der Waals surface area contributed by atoms with Gasteiger partial charge in [-0.3, -0.25) is 28.9 Å². The maximum Gasteiger partial charge on any atom is 0.329 e. The van der Waals surface area contributed by atoms with Gasteiger partial charge in [0.2, 0.25) is 23.6 Å². The molecule has 10 atom stereocenters. The van der Waals surface area contributed by atoms with Crippen molar-refractivity contribution in [2.45, 2.75) is 149 Å². The molecular formula is C51H79N5O10. The average molecular weight is 922 g/mol. The SMILES string of the molecule is CC[C@H](C)[C@@H]([C@@H](CC(=O)N1CCC[C@H]1[C@H](OC)[C@@H](C)C(=O)NC(C(=O)OCc1ccccc1)[C@@H](C)c1ccccc1)OC)N(C)C(=O)[C@@H](NC(=O)[C@H](C(C)C)N(C)CCCC(=O)O)C(C)C. The fourth-order valence-corrected chi connectivity index (χ4v) is 9.35. The summed E-state index contributed by atoms with van der Waals surface area (Å²) < 4.78 is 17.9. The molecule has 1 fully saturated rings. The number of carbonyl (C=O) groups is 6. The zero-order valence-electron chi connectivity index (χ0n) is 41.5. The predicted molar refractivity (Wildman–Crippen MR) is 254 cm³/mol. The van der Waals surface area contributed by atoms with Crippen LogP contribution in [0.5, 0.6) is 0 Å². The second kappa shape index (κ2) is 27.1. The lowest BCUT2D eigenvalue weighted by Gasteiger charge is -2.41. The molecule has 1 unspecified atom stereocenters. The molecule has 0 spiro atoms. The fraction of sp³-hybridized carbons (Fsp3) is 0.647. The minimum Gasteiger partial charge on any atom is -0.481 e. The van der Waals surface area contributed by atoms with E-state index in [2.05, 4.69) is 10.6 Å². The summed E-state index contributed by atoms with van der Waals surface area (Å²) >= 11 is 0. The number of carboxylic acids is 1. The molecule has 1 heterocycles. The third-order valence-electron chi connectivity index (χ3n) is 13.4. The zero-order chi connectivity index (χ0) is 49.2. The van der Waals surface area contributed by atoms with E-state index < -0.39 is 72.1 Å². The summed E-state index contributed by atoms with van der Waals surface area (Å²) in [6.45, 7) is 16.1. The van der Waals surface area contributed by atoms with Crippen LogP contribution in [0.3, 0.4) is 0 Å². The maximum absolute atomic E-state index is 14.5. The summed E-state index contributed by atoms with van der Waals surface area (Å²) in [5.41, 5.74) is 1.68. The first-order valence-corrected chi connectivity index (χ1v) is 23.7. The van der Waals surface area contributed by atoms with Crippen LogP contribution in [0.2, 0.25) is 0 Å². The van der Waals surface area contributed by atoms with Crippen molar-refractivity contribution in [2.75, 3.05) is 41.4 Å². The van der Waals surface area contributed by atoms with Crippen molar-refractivity contribution in [1.29, 1.82) is 0 Å². The van der Waals surface area contributed by atoms with Gasteiger partial charge in [0, 0.05) is 40.2 Å². The van der Waals surface area contributed by atoms with Crippen molar-refractivity contribution in [3.63, 3.8) is 0 Å². The number of amides is 4. The molecule has 1 aliphatic heterocycles. The van der Waals surface area contributed by atoms with Crippen LogP contribution < -0.4 is 10.6 Å². The molecule has 1 aliphatic rings. The molecule has 2 aromatic rings. The smallest absolute Gasteiger partial charge is 0.329 e. The van der Waals surface area contributed by atoms with Crippen LogP contribution >= 0.6 is 0 Å². The van der Waals surface area contributed by atoms with E-state index in [1.807, 2.05) is 114 Å². The highest BCUT2D eigenvalue weighted by Crippen LogP contribution is 2.30. The van der Waals surface area contributed by atoms with Gasteiger partial charge in [-0.1, -0.05) is 122 Å². The summed E-state index contributed by atoms with van der Waals surface area (Å²) in [5.74, 6) is -4.37. The lowest BCUT2D eigenvalue weighted by molar-refractivity contribution is -0.151. The number of carboxylic acid groups (broad SMARTS) is 1. The van der Waals surface area contributed by atoms with Gasteiger partial charge in [-0.15, -0.1) is 0 Å². The summed E-state index contributed by atoms with van der Waals surface area (Å²) in [6, 6.07) is 15.3. The quantitative estimate of drug-likeness (QED) is 0.0908. The summed E-state index contributed by atoms with van der Waals surface area (Å²) in [6.07, 6.45) is 0.874. The van der Waals surface area contributed by atoms with Crippen LogP contribution in [-0.4, -0.2) is 139 Å². The maximum atomic E-state index is 14.5. The van der Waals surface area contributed by atoms with E-state index in [0.717, 1.165) is 11.1 Å². The van der Waals surface area contributed by atoms with Crippen molar-refractivity contribution in [3.8, 4) is 0 Å². The molecule has 0 radical (unpaired) electrons. The molecule has 15 heteroatoms. The molecule has 0 saturated carbocycles. The first kappa shape index (κ1) is 55.5. The van der Waals surface area contributed by atoms with E-state index in [1.165, 1.54) is 14.2 Å². The van der Waals surface area contributed by atoms with Crippen molar-refractivity contribution in [2.24, 2.45) is 23.7 Å². The Morgan fingerprint density at radius 3 is 1.97 bits per heavy atom. The van der Waals surface area contributed by atoms with Crippen LogP contribution in [0.15, 0.2) is 60.7 Å². The molecule has 368 valence electrons. The monoisotopic (exact) mass is 922 g/mol. The van der Waals surface area contributed by atoms with E-state index in [4.69, 9.17) is 19.3 Å². The minimum atomic E-state index is -0.999. The minimum absolute atomic E-state index is 0.0125.